The fourth-order valence-corrected chi connectivity index (χ4v) is 4.67. The van der Waals surface area contributed by atoms with Gasteiger partial charge in [-0.2, -0.15) is 0 Å². The fraction of sp³-hybridized carbons (Fsp3) is 0.458. The molecule has 1 saturated heterocycles. The van der Waals surface area contributed by atoms with Crippen molar-refractivity contribution < 1.29 is 18.3 Å². The average Bonchev–Trinajstić information content (AvgIpc) is 2.77. The molecular weight excluding hydrogens is 497 g/mol. The number of carbonyl (C=O) groups is 1. The first-order valence-electron chi connectivity index (χ1n) is 11.1. The van der Waals surface area contributed by atoms with Crippen LogP contribution in [0.4, 0.5) is 10.5 Å². The predicted molar refractivity (Wildman–Crippen MR) is 138 cm³/mol. The van der Waals surface area contributed by atoms with Crippen LogP contribution in [0.5, 0.6) is 0 Å². The molecule has 2 aromatic rings. The minimum Gasteiger partial charge on any atom is -0.444 e. The molecule has 0 aromatic heterocycles. The Morgan fingerprint density at radius 2 is 1.74 bits per heavy atom. The lowest BCUT2D eigenvalue weighted by molar-refractivity contribution is 0.0139. The predicted octanol–water partition coefficient (Wildman–Crippen LogP) is 5.23. The van der Waals surface area contributed by atoms with E-state index in [0.717, 1.165) is 30.8 Å². The van der Waals surface area contributed by atoms with E-state index in [-0.39, 0.29) is 6.09 Å². The number of piperazine rings is 1. The summed E-state index contributed by atoms with van der Waals surface area (Å²) in [6, 6.07) is 13.0. The second-order valence-corrected chi connectivity index (χ2v) is 10.9. The molecule has 1 aliphatic heterocycles. The van der Waals surface area contributed by atoms with Crippen LogP contribution >= 0.6 is 23.2 Å². The summed E-state index contributed by atoms with van der Waals surface area (Å²) in [5.41, 5.74) is 2.07. The van der Waals surface area contributed by atoms with Gasteiger partial charge in [-0.05, 0) is 56.5 Å². The van der Waals surface area contributed by atoms with Crippen molar-refractivity contribution in [1.29, 1.82) is 0 Å². The molecule has 1 atom stereocenters. The average molecular weight is 529 g/mol. The summed E-state index contributed by atoms with van der Waals surface area (Å²) in [6.45, 7) is 9.41. The number of ether oxygens (including phenoxy) is 1. The van der Waals surface area contributed by atoms with Gasteiger partial charge in [0.15, 0.2) is 0 Å². The van der Waals surface area contributed by atoms with Gasteiger partial charge in [-0.25, -0.2) is 9.00 Å². The number of hydrogen-bond acceptors (Lipinski definition) is 4. The van der Waals surface area contributed by atoms with E-state index < -0.39 is 16.9 Å². The molecule has 1 N–H and O–H groups in total. The molecule has 1 amide bonds. The Balaban J connectivity index is 1.55. The van der Waals surface area contributed by atoms with Gasteiger partial charge in [0.25, 0.3) is 11.3 Å². The molecule has 186 valence electrons. The molecule has 0 radical (unpaired) electrons. The summed E-state index contributed by atoms with van der Waals surface area (Å²) in [4.78, 5) is 16.3. The summed E-state index contributed by atoms with van der Waals surface area (Å²) in [5.74, 6) is 0. The molecular formula is C24H31Cl2N3O4S. The van der Waals surface area contributed by atoms with Crippen molar-refractivity contribution in [2.45, 2.75) is 39.3 Å². The van der Waals surface area contributed by atoms with Crippen molar-refractivity contribution in [3.8, 4) is 0 Å². The van der Waals surface area contributed by atoms with Gasteiger partial charge in [-0.1, -0.05) is 47.5 Å². The highest BCUT2D eigenvalue weighted by Crippen LogP contribution is 2.27. The number of benzene rings is 2. The number of halogens is 2. The van der Waals surface area contributed by atoms with Gasteiger partial charge in [-0.3, -0.25) is 13.8 Å². The highest BCUT2D eigenvalue weighted by atomic mass is 35.5. The Hall–Kier alpha value is -1.84. The summed E-state index contributed by atoms with van der Waals surface area (Å²) in [5, 5.41) is 0.932. The van der Waals surface area contributed by atoms with E-state index in [2.05, 4.69) is 4.90 Å². The zero-order valence-electron chi connectivity index (χ0n) is 19.7. The van der Waals surface area contributed by atoms with Gasteiger partial charge in [0.2, 0.25) is 0 Å². The van der Waals surface area contributed by atoms with Crippen molar-refractivity contribution >= 4 is 46.2 Å². The largest absolute Gasteiger partial charge is 0.444 e. The van der Waals surface area contributed by atoms with E-state index in [0.29, 0.717) is 41.8 Å². The molecule has 34 heavy (non-hydrogen) atoms. The summed E-state index contributed by atoms with van der Waals surface area (Å²) in [6.07, 6.45) is 0.211. The molecule has 0 spiro atoms. The van der Waals surface area contributed by atoms with Crippen molar-refractivity contribution in [1.82, 2.24) is 9.80 Å². The Morgan fingerprint density at radius 1 is 1.09 bits per heavy atom. The Morgan fingerprint density at radius 3 is 2.32 bits per heavy atom. The van der Waals surface area contributed by atoms with Gasteiger partial charge in [-0.15, -0.1) is 0 Å². The number of nitrogens with zero attached hydrogens (tertiary/aromatic N) is 3. The standard InChI is InChI=1S/C24H31Cl2N3O4S/c1-24(2,3)33-23(30)28-15-13-27(14-16-28)17-18-7-9-20(10-8-18)29(34(31)32)12-11-19-5-4-6-21(25)22(19)26/h4-10H,11-17H2,1-3H3,(H,31,32). The first kappa shape index (κ1) is 26.8. The quantitative estimate of drug-likeness (QED) is 0.499. The van der Waals surface area contributed by atoms with Crippen LogP contribution in [0.2, 0.25) is 10.0 Å². The minimum absolute atomic E-state index is 0.271. The van der Waals surface area contributed by atoms with E-state index >= 15 is 0 Å². The van der Waals surface area contributed by atoms with E-state index in [9.17, 15) is 13.6 Å². The maximum atomic E-state index is 12.2. The zero-order valence-corrected chi connectivity index (χ0v) is 22.0. The molecule has 0 bridgehead atoms. The van der Waals surface area contributed by atoms with Crippen LogP contribution in [-0.2, 0) is 29.0 Å². The highest BCUT2D eigenvalue weighted by Gasteiger charge is 2.26. The van der Waals surface area contributed by atoms with Crippen LogP contribution in [0.1, 0.15) is 31.9 Å². The molecule has 3 rings (SSSR count). The van der Waals surface area contributed by atoms with Crippen LogP contribution in [-0.4, -0.2) is 63.0 Å². The third kappa shape index (κ3) is 7.58. The zero-order chi connectivity index (χ0) is 24.9. The summed E-state index contributed by atoms with van der Waals surface area (Å²) < 4.78 is 28.7. The van der Waals surface area contributed by atoms with Gasteiger partial charge in [0.1, 0.15) is 5.60 Å². The number of rotatable bonds is 7. The van der Waals surface area contributed by atoms with Crippen molar-refractivity contribution in [2.75, 3.05) is 37.0 Å². The minimum atomic E-state index is -2.17. The van der Waals surface area contributed by atoms with Crippen molar-refractivity contribution in [3.05, 3.63) is 63.6 Å². The third-order valence-electron chi connectivity index (χ3n) is 5.46. The molecule has 1 heterocycles. The lowest BCUT2D eigenvalue weighted by Crippen LogP contribution is -2.49. The lowest BCUT2D eigenvalue weighted by Gasteiger charge is -2.35. The molecule has 1 fully saturated rings. The molecule has 1 unspecified atom stereocenters. The lowest BCUT2D eigenvalue weighted by atomic mass is 10.1. The van der Waals surface area contributed by atoms with Gasteiger partial charge in [0, 0.05) is 39.3 Å². The second kappa shape index (κ2) is 11.7. The van der Waals surface area contributed by atoms with Gasteiger partial charge >= 0.3 is 6.09 Å². The van der Waals surface area contributed by atoms with E-state index in [1.54, 1.807) is 11.0 Å². The fourth-order valence-electron chi connectivity index (χ4n) is 3.70. The molecule has 2 aromatic carbocycles. The normalized spacial score (nSPS) is 15.8. The Labute approximate surface area is 214 Å². The maximum absolute atomic E-state index is 12.2. The van der Waals surface area contributed by atoms with Crippen molar-refractivity contribution in [2.24, 2.45) is 0 Å². The number of hydrogen-bond donors (Lipinski definition) is 1. The van der Waals surface area contributed by atoms with Crippen molar-refractivity contribution in [3.63, 3.8) is 0 Å². The molecule has 10 heteroatoms. The molecule has 0 aliphatic carbocycles. The van der Waals surface area contributed by atoms with Crippen LogP contribution in [0.25, 0.3) is 0 Å². The van der Waals surface area contributed by atoms with E-state index in [1.165, 1.54) is 4.31 Å². The molecule has 1 aliphatic rings. The summed E-state index contributed by atoms with van der Waals surface area (Å²) >= 11 is 10.1. The topological polar surface area (TPSA) is 73.3 Å². The molecule has 0 saturated carbocycles. The van der Waals surface area contributed by atoms with E-state index in [1.807, 2.05) is 57.2 Å². The maximum Gasteiger partial charge on any atom is 0.410 e. The molecule has 7 nitrogen and oxygen atoms in total. The summed E-state index contributed by atoms with van der Waals surface area (Å²) in [7, 11) is 0. The second-order valence-electron chi connectivity index (χ2n) is 9.21. The van der Waals surface area contributed by atoms with Gasteiger partial charge in [0.05, 0.1) is 15.7 Å². The van der Waals surface area contributed by atoms with Crippen LogP contribution in [0, 0.1) is 0 Å². The Kier molecular flexibility index (Phi) is 9.23. The number of anilines is 1. The first-order valence-corrected chi connectivity index (χ1v) is 13.0. The number of amides is 1. The first-order chi connectivity index (χ1) is 16.0. The highest BCUT2D eigenvalue weighted by molar-refractivity contribution is 7.80. The smallest absolute Gasteiger partial charge is 0.410 e. The Bertz CT molecular complexity index is 1010. The number of carbonyl (C=O) groups excluding carboxylic acids is 1. The van der Waals surface area contributed by atoms with E-state index in [4.69, 9.17) is 27.9 Å². The van der Waals surface area contributed by atoms with Gasteiger partial charge < -0.3 is 9.64 Å². The van der Waals surface area contributed by atoms with Crippen LogP contribution in [0.15, 0.2) is 42.5 Å². The van der Waals surface area contributed by atoms with Crippen LogP contribution < -0.4 is 4.31 Å². The monoisotopic (exact) mass is 527 g/mol. The third-order valence-corrected chi connectivity index (χ3v) is 7.09. The van der Waals surface area contributed by atoms with Crippen LogP contribution in [0.3, 0.4) is 0 Å². The SMILES string of the molecule is CC(C)(C)OC(=O)N1CCN(Cc2ccc(N(CCc3cccc(Cl)c3Cl)S(=O)O)cc2)CC1.